The number of rotatable bonds is 5. The summed E-state index contributed by atoms with van der Waals surface area (Å²) in [6.07, 6.45) is 1.02. The molecular weight excluding hydrogens is 250 g/mol. The first-order valence-corrected chi connectivity index (χ1v) is 7.38. The molecule has 20 heavy (non-hydrogen) atoms. The minimum atomic E-state index is -0.127. The largest absolute Gasteiger partial charge is 0.352 e. The quantitative estimate of drug-likeness (QED) is 0.853. The SMILES string of the molecule is CC(N)C(C)C(=O)NC1CCN(Cc2ccccc2)C1. The molecule has 0 spiro atoms. The monoisotopic (exact) mass is 275 g/mol. The summed E-state index contributed by atoms with van der Waals surface area (Å²) in [5, 5.41) is 3.12. The number of carbonyl (C=O) groups is 1. The Morgan fingerprint density at radius 2 is 2.10 bits per heavy atom. The second kappa shape index (κ2) is 6.86. The Morgan fingerprint density at radius 3 is 2.75 bits per heavy atom. The van der Waals surface area contributed by atoms with Crippen LogP contribution in [-0.4, -0.2) is 36.0 Å². The molecule has 0 saturated carbocycles. The maximum Gasteiger partial charge on any atom is 0.224 e. The Balaban J connectivity index is 1.79. The van der Waals surface area contributed by atoms with Gasteiger partial charge in [-0.1, -0.05) is 37.3 Å². The smallest absolute Gasteiger partial charge is 0.224 e. The van der Waals surface area contributed by atoms with E-state index in [-0.39, 0.29) is 23.9 Å². The second-order valence-electron chi connectivity index (χ2n) is 5.86. The molecule has 1 fully saturated rings. The third-order valence-corrected chi connectivity index (χ3v) is 4.07. The standard InChI is InChI=1S/C16H25N3O/c1-12(13(2)17)16(20)18-15-8-9-19(11-15)10-14-6-4-3-5-7-14/h3-7,12-13,15H,8-11,17H2,1-2H3,(H,18,20). The molecule has 4 nitrogen and oxygen atoms in total. The normalized spacial score (nSPS) is 22.4. The van der Waals surface area contributed by atoms with Crippen LogP contribution in [-0.2, 0) is 11.3 Å². The second-order valence-corrected chi connectivity index (χ2v) is 5.86. The molecule has 1 aliphatic rings. The predicted octanol–water partition coefficient (Wildman–Crippen LogP) is 1.36. The Morgan fingerprint density at radius 1 is 1.40 bits per heavy atom. The van der Waals surface area contributed by atoms with Crippen molar-refractivity contribution in [2.24, 2.45) is 11.7 Å². The van der Waals surface area contributed by atoms with Crippen molar-refractivity contribution < 1.29 is 4.79 Å². The predicted molar refractivity (Wildman–Crippen MR) is 81.1 cm³/mol. The van der Waals surface area contributed by atoms with Crippen molar-refractivity contribution >= 4 is 5.91 Å². The number of likely N-dealkylation sites (tertiary alicyclic amines) is 1. The highest BCUT2D eigenvalue weighted by Gasteiger charge is 2.26. The van der Waals surface area contributed by atoms with Crippen LogP contribution in [0.15, 0.2) is 30.3 Å². The molecule has 1 aromatic carbocycles. The lowest BCUT2D eigenvalue weighted by molar-refractivity contribution is -0.125. The van der Waals surface area contributed by atoms with Crippen LogP contribution in [0.2, 0.25) is 0 Å². The van der Waals surface area contributed by atoms with E-state index in [0.717, 1.165) is 26.1 Å². The number of carbonyl (C=O) groups excluding carboxylic acids is 1. The van der Waals surface area contributed by atoms with Crippen LogP contribution in [0, 0.1) is 5.92 Å². The number of amides is 1. The van der Waals surface area contributed by atoms with Crippen molar-refractivity contribution in [3.05, 3.63) is 35.9 Å². The number of nitrogens with zero attached hydrogens (tertiary/aromatic N) is 1. The zero-order valence-electron chi connectivity index (χ0n) is 12.4. The summed E-state index contributed by atoms with van der Waals surface area (Å²) in [5.41, 5.74) is 7.09. The van der Waals surface area contributed by atoms with Crippen LogP contribution in [0.5, 0.6) is 0 Å². The van der Waals surface area contributed by atoms with Gasteiger partial charge in [0.1, 0.15) is 0 Å². The third-order valence-electron chi connectivity index (χ3n) is 4.07. The summed E-state index contributed by atoms with van der Waals surface area (Å²) in [7, 11) is 0. The molecule has 0 bridgehead atoms. The van der Waals surface area contributed by atoms with Gasteiger partial charge in [0.2, 0.25) is 5.91 Å². The number of hydrogen-bond acceptors (Lipinski definition) is 3. The van der Waals surface area contributed by atoms with Gasteiger partial charge in [-0.15, -0.1) is 0 Å². The highest BCUT2D eigenvalue weighted by molar-refractivity contribution is 5.79. The Hall–Kier alpha value is -1.39. The Kier molecular flexibility index (Phi) is 5.15. The van der Waals surface area contributed by atoms with Crippen molar-refractivity contribution in [3.8, 4) is 0 Å². The molecule has 3 atom stereocenters. The zero-order valence-corrected chi connectivity index (χ0v) is 12.4. The fourth-order valence-electron chi connectivity index (χ4n) is 2.51. The van der Waals surface area contributed by atoms with Gasteiger partial charge in [0.25, 0.3) is 0 Å². The van der Waals surface area contributed by atoms with Crippen LogP contribution in [0.4, 0.5) is 0 Å². The molecule has 110 valence electrons. The summed E-state index contributed by atoms with van der Waals surface area (Å²) < 4.78 is 0. The molecular formula is C16H25N3O. The summed E-state index contributed by atoms with van der Waals surface area (Å²) in [6.45, 7) is 6.67. The van der Waals surface area contributed by atoms with E-state index in [4.69, 9.17) is 5.73 Å². The average molecular weight is 275 g/mol. The molecule has 1 saturated heterocycles. The highest BCUT2D eigenvalue weighted by Crippen LogP contribution is 2.14. The minimum absolute atomic E-state index is 0.0755. The van der Waals surface area contributed by atoms with E-state index in [9.17, 15) is 4.79 Å². The van der Waals surface area contributed by atoms with Gasteiger partial charge in [-0.2, -0.15) is 0 Å². The fourth-order valence-corrected chi connectivity index (χ4v) is 2.51. The first-order valence-electron chi connectivity index (χ1n) is 7.38. The first-order chi connectivity index (χ1) is 9.56. The van der Waals surface area contributed by atoms with Crippen molar-refractivity contribution in [3.63, 3.8) is 0 Å². The minimum Gasteiger partial charge on any atom is -0.352 e. The van der Waals surface area contributed by atoms with Gasteiger partial charge in [-0.05, 0) is 18.9 Å². The molecule has 3 unspecified atom stereocenters. The molecule has 1 aromatic rings. The van der Waals surface area contributed by atoms with E-state index in [1.807, 2.05) is 19.9 Å². The molecule has 0 radical (unpaired) electrons. The maximum absolute atomic E-state index is 12.0. The van der Waals surface area contributed by atoms with Gasteiger partial charge in [0.15, 0.2) is 0 Å². The van der Waals surface area contributed by atoms with Gasteiger partial charge < -0.3 is 11.1 Å². The molecule has 0 aromatic heterocycles. The topological polar surface area (TPSA) is 58.4 Å². The van der Waals surface area contributed by atoms with Gasteiger partial charge in [0, 0.05) is 37.6 Å². The lowest BCUT2D eigenvalue weighted by Gasteiger charge is -2.20. The van der Waals surface area contributed by atoms with E-state index in [0.29, 0.717) is 0 Å². The van der Waals surface area contributed by atoms with Crippen LogP contribution in [0.3, 0.4) is 0 Å². The lowest BCUT2D eigenvalue weighted by atomic mass is 10.0. The van der Waals surface area contributed by atoms with Gasteiger partial charge in [-0.25, -0.2) is 0 Å². The zero-order chi connectivity index (χ0) is 14.5. The highest BCUT2D eigenvalue weighted by atomic mass is 16.2. The summed E-state index contributed by atoms with van der Waals surface area (Å²) >= 11 is 0. The van der Waals surface area contributed by atoms with E-state index < -0.39 is 0 Å². The van der Waals surface area contributed by atoms with Crippen LogP contribution in [0.1, 0.15) is 25.8 Å². The average Bonchev–Trinajstić information content (AvgIpc) is 2.86. The van der Waals surface area contributed by atoms with Crippen LogP contribution >= 0.6 is 0 Å². The van der Waals surface area contributed by atoms with E-state index in [1.54, 1.807) is 0 Å². The Bertz CT molecular complexity index is 433. The van der Waals surface area contributed by atoms with Crippen LogP contribution in [0.25, 0.3) is 0 Å². The molecule has 4 heteroatoms. The van der Waals surface area contributed by atoms with Gasteiger partial charge >= 0.3 is 0 Å². The summed E-state index contributed by atoms with van der Waals surface area (Å²) in [6, 6.07) is 10.6. The van der Waals surface area contributed by atoms with Gasteiger partial charge in [-0.3, -0.25) is 9.69 Å². The number of nitrogens with two attached hydrogens (primary N) is 1. The molecule has 3 N–H and O–H groups in total. The lowest BCUT2D eigenvalue weighted by Crippen LogP contribution is -2.44. The van der Waals surface area contributed by atoms with E-state index in [1.165, 1.54) is 5.56 Å². The molecule has 2 rings (SSSR count). The maximum atomic E-state index is 12.0. The third kappa shape index (κ3) is 4.05. The first kappa shape index (κ1) is 15.0. The van der Waals surface area contributed by atoms with Gasteiger partial charge in [0.05, 0.1) is 0 Å². The van der Waals surface area contributed by atoms with Crippen molar-refractivity contribution in [2.45, 2.75) is 38.9 Å². The molecule has 0 aliphatic carbocycles. The summed E-state index contributed by atoms with van der Waals surface area (Å²) in [5.74, 6) is -0.0512. The van der Waals surface area contributed by atoms with Crippen LogP contribution < -0.4 is 11.1 Å². The molecule has 1 amide bonds. The fraction of sp³-hybridized carbons (Fsp3) is 0.562. The van der Waals surface area contributed by atoms with Crippen molar-refractivity contribution in [2.75, 3.05) is 13.1 Å². The number of benzene rings is 1. The van der Waals surface area contributed by atoms with Crippen molar-refractivity contribution in [1.82, 2.24) is 10.2 Å². The number of hydrogen-bond donors (Lipinski definition) is 2. The molecule has 1 aliphatic heterocycles. The molecule has 1 heterocycles. The van der Waals surface area contributed by atoms with E-state index in [2.05, 4.69) is 34.5 Å². The Labute approximate surface area is 121 Å². The number of nitrogens with one attached hydrogen (secondary N) is 1. The summed E-state index contributed by atoms with van der Waals surface area (Å²) in [4.78, 5) is 14.4. The van der Waals surface area contributed by atoms with Crippen molar-refractivity contribution in [1.29, 1.82) is 0 Å². The van der Waals surface area contributed by atoms with E-state index >= 15 is 0 Å².